The zero-order valence-corrected chi connectivity index (χ0v) is 9.95. The van der Waals surface area contributed by atoms with Crippen LogP contribution in [0.5, 0.6) is 0 Å². The second-order valence-corrected chi connectivity index (χ2v) is 4.45. The molecule has 0 saturated heterocycles. The summed E-state index contributed by atoms with van der Waals surface area (Å²) in [5.41, 5.74) is 2.63. The van der Waals surface area contributed by atoms with E-state index in [0.717, 1.165) is 12.5 Å². The fourth-order valence-electron chi connectivity index (χ4n) is 2.10. The summed E-state index contributed by atoms with van der Waals surface area (Å²) < 4.78 is 2.17. The molecule has 15 heavy (non-hydrogen) atoms. The van der Waals surface area contributed by atoms with Gasteiger partial charge in [-0.15, -0.1) is 0 Å². The van der Waals surface area contributed by atoms with Crippen molar-refractivity contribution in [2.24, 2.45) is 0 Å². The van der Waals surface area contributed by atoms with Crippen molar-refractivity contribution in [1.29, 1.82) is 0 Å². The maximum Gasteiger partial charge on any atom is 0.0794 e. The molecule has 1 aromatic heterocycles. The molecule has 0 aliphatic heterocycles. The number of aromatic nitrogens is 2. The molecule has 1 saturated carbocycles. The first-order valence-electron chi connectivity index (χ1n) is 6.01. The summed E-state index contributed by atoms with van der Waals surface area (Å²) in [6.45, 7) is 5.32. The fraction of sp³-hybridized carbons (Fsp3) is 0.750. The van der Waals surface area contributed by atoms with E-state index in [1.54, 1.807) is 0 Å². The van der Waals surface area contributed by atoms with Crippen LogP contribution in [-0.4, -0.2) is 16.8 Å². The summed E-state index contributed by atoms with van der Waals surface area (Å²) in [7, 11) is 1.98. The van der Waals surface area contributed by atoms with Crippen molar-refractivity contribution in [3.05, 3.63) is 17.5 Å². The smallest absolute Gasteiger partial charge is 0.0794 e. The quantitative estimate of drug-likeness (QED) is 0.822. The molecule has 1 unspecified atom stereocenters. The standard InChI is InChI=1S/C12H21N3/c1-4-15-12(10-6-5-7-10)8-11(14-15)9(2)13-3/h8-10,13H,4-7H2,1-3H3. The van der Waals surface area contributed by atoms with Gasteiger partial charge in [0.25, 0.3) is 0 Å². The monoisotopic (exact) mass is 207 g/mol. The molecule has 84 valence electrons. The predicted molar refractivity (Wildman–Crippen MR) is 62.0 cm³/mol. The average molecular weight is 207 g/mol. The highest BCUT2D eigenvalue weighted by Crippen LogP contribution is 2.37. The number of hydrogen-bond acceptors (Lipinski definition) is 2. The molecule has 1 aliphatic carbocycles. The van der Waals surface area contributed by atoms with E-state index in [1.807, 2.05) is 7.05 Å². The maximum absolute atomic E-state index is 4.66. The SMILES string of the molecule is CCn1nc(C(C)NC)cc1C1CCC1. The molecule has 3 heteroatoms. The molecule has 1 atom stereocenters. The lowest BCUT2D eigenvalue weighted by atomic mass is 9.82. The highest BCUT2D eigenvalue weighted by atomic mass is 15.3. The van der Waals surface area contributed by atoms with Crippen molar-refractivity contribution < 1.29 is 0 Å². The van der Waals surface area contributed by atoms with Gasteiger partial charge < -0.3 is 5.32 Å². The van der Waals surface area contributed by atoms with E-state index in [4.69, 9.17) is 0 Å². The number of hydrogen-bond donors (Lipinski definition) is 1. The Morgan fingerprint density at radius 3 is 2.80 bits per heavy atom. The van der Waals surface area contributed by atoms with Crippen LogP contribution in [0, 0.1) is 0 Å². The topological polar surface area (TPSA) is 29.9 Å². The van der Waals surface area contributed by atoms with Gasteiger partial charge in [0.2, 0.25) is 0 Å². The van der Waals surface area contributed by atoms with Crippen LogP contribution in [0.4, 0.5) is 0 Å². The Bertz CT molecular complexity index is 326. The molecular formula is C12H21N3. The maximum atomic E-state index is 4.66. The van der Waals surface area contributed by atoms with E-state index < -0.39 is 0 Å². The van der Waals surface area contributed by atoms with Crippen molar-refractivity contribution in [2.45, 2.75) is 51.6 Å². The Labute approximate surface area is 91.9 Å². The molecule has 1 aromatic rings. The highest BCUT2D eigenvalue weighted by molar-refractivity contribution is 5.19. The molecule has 0 amide bonds. The van der Waals surface area contributed by atoms with Crippen molar-refractivity contribution >= 4 is 0 Å². The van der Waals surface area contributed by atoms with E-state index in [2.05, 4.69) is 35.0 Å². The highest BCUT2D eigenvalue weighted by Gasteiger charge is 2.24. The third-order valence-electron chi connectivity index (χ3n) is 3.53. The van der Waals surface area contributed by atoms with Crippen LogP contribution in [0.25, 0.3) is 0 Å². The molecule has 0 radical (unpaired) electrons. The minimum Gasteiger partial charge on any atom is -0.312 e. The van der Waals surface area contributed by atoms with Crippen LogP contribution in [-0.2, 0) is 6.54 Å². The molecule has 0 spiro atoms. The summed E-state index contributed by atoms with van der Waals surface area (Å²) in [4.78, 5) is 0. The van der Waals surface area contributed by atoms with E-state index in [-0.39, 0.29) is 0 Å². The molecule has 1 heterocycles. The Balaban J connectivity index is 2.23. The van der Waals surface area contributed by atoms with E-state index in [0.29, 0.717) is 6.04 Å². The van der Waals surface area contributed by atoms with Crippen molar-refractivity contribution in [2.75, 3.05) is 7.05 Å². The minimum atomic E-state index is 0.358. The molecule has 2 rings (SSSR count). The average Bonchev–Trinajstić information content (AvgIpc) is 2.58. The first-order valence-corrected chi connectivity index (χ1v) is 6.01. The van der Waals surface area contributed by atoms with Gasteiger partial charge in [-0.3, -0.25) is 4.68 Å². The molecule has 3 nitrogen and oxygen atoms in total. The Hall–Kier alpha value is -0.830. The van der Waals surface area contributed by atoms with Gasteiger partial charge in [-0.2, -0.15) is 5.10 Å². The Kier molecular flexibility index (Phi) is 3.10. The van der Waals surface area contributed by atoms with Gasteiger partial charge in [-0.25, -0.2) is 0 Å². The van der Waals surface area contributed by atoms with Crippen molar-refractivity contribution in [3.63, 3.8) is 0 Å². The normalized spacial score (nSPS) is 18.9. The van der Waals surface area contributed by atoms with Gasteiger partial charge in [0.15, 0.2) is 0 Å². The number of rotatable bonds is 4. The molecule has 0 aromatic carbocycles. The van der Waals surface area contributed by atoms with Gasteiger partial charge in [-0.05, 0) is 39.8 Å². The third-order valence-corrected chi connectivity index (χ3v) is 3.53. The molecular weight excluding hydrogens is 186 g/mol. The Morgan fingerprint density at radius 2 is 2.33 bits per heavy atom. The van der Waals surface area contributed by atoms with Gasteiger partial charge in [0.05, 0.1) is 5.69 Å². The van der Waals surface area contributed by atoms with Crippen LogP contribution < -0.4 is 5.32 Å². The fourth-order valence-corrected chi connectivity index (χ4v) is 2.10. The molecule has 1 fully saturated rings. The first kappa shape index (κ1) is 10.7. The van der Waals surface area contributed by atoms with E-state index >= 15 is 0 Å². The van der Waals surface area contributed by atoms with Crippen LogP contribution in [0.3, 0.4) is 0 Å². The number of nitrogens with one attached hydrogen (secondary N) is 1. The second kappa shape index (κ2) is 4.35. The van der Waals surface area contributed by atoms with Gasteiger partial charge >= 0.3 is 0 Å². The lowest BCUT2D eigenvalue weighted by molar-refractivity contribution is 0.390. The molecule has 1 N–H and O–H groups in total. The van der Waals surface area contributed by atoms with E-state index in [1.165, 1.54) is 30.7 Å². The van der Waals surface area contributed by atoms with Crippen molar-refractivity contribution in [3.8, 4) is 0 Å². The van der Waals surface area contributed by atoms with Crippen molar-refractivity contribution in [1.82, 2.24) is 15.1 Å². The summed E-state index contributed by atoms with van der Waals surface area (Å²) in [5, 5.41) is 7.90. The minimum absolute atomic E-state index is 0.358. The summed E-state index contributed by atoms with van der Waals surface area (Å²) in [5.74, 6) is 0.773. The van der Waals surface area contributed by atoms with Crippen LogP contribution in [0.1, 0.15) is 56.5 Å². The van der Waals surface area contributed by atoms with Gasteiger partial charge in [0.1, 0.15) is 0 Å². The molecule has 1 aliphatic rings. The summed E-state index contributed by atoms with van der Waals surface area (Å²) in [6, 6.07) is 2.64. The number of aryl methyl sites for hydroxylation is 1. The first-order chi connectivity index (χ1) is 7.26. The lowest BCUT2D eigenvalue weighted by Gasteiger charge is -2.25. The van der Waals surface area contributed by atoms with Gasteiger partial charge in [0, 0.05) is 24.2 Å². The van der Waals surface area contributed by atoms with Gasteiger partial charge in [-0.1, -0.05) is 6.42 Å². The Morgan fingerprint density at radius 1 is 1.60 bits per heavy atom. The van der Waals surface area contributed by atoms with Crippen LogP contribution >= 0.6 is 0 Å². The van der Waals surface area contributed by atoms with E-state index in [9.17, 15) is 0 Å². The predicted octanol–water partition coefficient (Wildman–Crippen LogP) is 2.45. The lowest BCUT2D eigenvalue weighted by Crippen LogP contribution is -2.14. The largest absolute Gasteiger partial charge is 0.312 e. The summed E-state index contributed by atoms with van der Waals surface area (Å²) in [6.07, 6.45) is 4.08. The zero-order valence-electron chi connectivity index (χ0n) is 9.95. The number of nitrogens with zero attached hydrogens (tertiary/aromatic N) is 2. The van der Waals surface area contributed by atoms with Crippen LogP contribution in [0.15, 0.2) is 6.07 Å². The zero-order chi connectivity index (χ0) is 10.8. The molecule has 0 bridgehead atoms. The third kappa shape index (κ3) is 1.93. The second-order valence-electron chi connectivity index (χ2n) is 4.45. The summed E-state index contributed by atoms with van der Waals surface area (Å²) >= 11 is 0. The van der Waals surface area contributed by atoms with Crippen LogP contribution in [0.2, 0.25) is 0 Å².